The second-order valence-electron chi connectivity index (χ2n) is 7.47. The molecule has 0 radical (unpaired) electrons. The van der Waals surface area contributed by atoms with Gasteiger partial charge in [-0.05, 0) is 61.6 Å². The lowest BCUT2D eigenvalue weighted by molar-refractivity contribution is -0.118. The number of carbonyl (C=O) groups excluding carboxylic acids is 1. The SMILES string of the molecule is N#Cc1c(NC(=O)COc2ccc3oc(-c4ccco4)cc(=O)c3c2)sc2c1CCCC2. The third-order valence-corrected chi connectivity index (χ3v) is 6.58. The monoisotopic (exact) mass is 446 g/mol. The van der Waals surface area contributed by atoms with Crippen molar-refractivity contribution in [2.75, 3.05) is 11.9 Å². The van der Waals surface area contributed by atoms with E-state index in [-0.39, 0.29) is 17.9 Å². The van der Waals surface area contributed by atoms with Crippen molar-refractivity contribution < 1.29 is 18.4 Å². The van der Waals surface area contributed by atoms with Gasteiger partial charge in [0.2, 0.25) is 0 Å². The van der Waals surface area contributed by atoms with Gasteiger partial charge in [-0.3, -0.25) is 9.59 Å². The average Bonchev–Trinajstić information content (AvgIpc) is 3.45. The maximum atomic E-state index is 12.5. The molecule has 1 amide bonds. The fourth-order valence-corrected chi connectivity index (χ4v) is 5.11. The molecule has 0 fully saturated rings. The van der Waals surface area contributed by atoms with E-state index in [9.17, 15) is 14.9 Å². The van der Waals surface area contributed by atoms with Crippen LogP contribution >= 0.6 is 11.3 Å². The number of fused-ring (bicyclic) bond motifs is 2. The zero-order chi connectivity index (χ0) is 22.1. The van der Waals surface area contributed by atoms with Crippen LogP contribution in [0, 0.1) is 11.3 Å². The minimum Gasteiger partial charge on any atom is -0.484 e. The van der Waals surface area contributed by atoms with Crippen molar-refractivity contribution in [2.45, 2.75) is 25.7 Å². The minimum atomic E-state index is -0.361. The maximum Gasteiger partial charge on any atom is 0.262 e. The highest BCUT2D eigenvalue weighted by atomic mass is 32.1. The Morgan fingerprint density at radius 2 is 2.06 bits per heavy atom. The van der Waals surface area contributed by atoms with E-state index in [1.165, 1.54) is 28.5 Å². The normalized spacial score (nSPS) is 12.8. The highest BCUT2D eigenvalue weighted by molar-refractivity contribution is 7.16. The third-order valence-electron chi connectivity index (χ3n) is 5.37. The Morgan fingerprint density at radius 3 is 2.88 bits per heavy atom. The van der Waals surface area contributed by atoms with Crippen LogP contribution in [0.25, 0.3) is 22.5 Å². The molecular weight excluding hydrogens is 428 g/mol. The number of aryl methyl sites for hydroxylation is 1. The number of amides is 1. The van der Waals surface area contributed by atoms with E-state index in [4.69, 9.17) is 13.6 Å². The molecule has 0 atom stereocenters. The third kappa shape index (κ3) is 3.79. The molecule has 32 heavy (non-hydrogen) atoms. The van der Waals surface area contributed by atoms with Gasteiger partial charge in [0.05, 0.1) is 17.2 Å². The molecule has 3 aromatic heterocycles. The van der Waals surface area contributed by atoms with Gasteiger partial charge in [0.25, 0.3) is 5.91 Å². The quantitative estimate of drug-likeness (QED) is 0.468. The van der Waals surface area contributed by atoms with Crippen LogP contribution in [0.4, 0.5) is 5.00 Å². The predicted octanol–water partition coefficient (Wildman–Crippen LogP) is 4.88. The summed E-state index contributed by atoms with van der Waals surface area (Å²) < 4.78 is 16.6. The summed E-state index contributed by atoms with van der Waals surface area (Å²) in [5.74, 6) is 0.817. The molecule has 1 aliphatic rings. The Morgan fingerprint density at radius 1 is 1.19 bits per heavy atom. The number of benzene rings is 1. The van der Waals surface area contributed by atoms with Gasteiger partial charge >= 0.3 is 0 Å². The molecule has 0 saturated heterocycles. The van der Waals surface area contributed by atoms with Crippen molar-refractivity contribution in [1.82, 2.24) is 0 Å². The predicted molar refractivity (Wildman–Crippen MR) is 120 cm³/mol. The molecule has 160 valence electrons. The summed E-state index contributed by atoms with van der Waals surface area (Å²) in [6.07, 6.45) is 5.50. The summed E-state index contributed by atoms with van der Waals surface area (Å²) in [6.45, 7) is -0.241. The molecule has 0 saturated carbocycles. The number of thiophene rings is 1. The van der Waals surface area contributed by atoms with E-state index in [0.717, 1.165) is 31.2 Å². The summed E-state index contributed by atoms with van der Waals surface area (Å²) in [6, 6.07) is 11.8. The van der Waals surface area contributed by atoms with Gasteiger partial charge in [0, 0.05) is 10.9 Å². The summed E-state index contributed by atoms with van der Waals surface area (Å²) in [5, 5.41) is 13.2. The van der Waals surface area contributed by atoms with Crippen LogP contribution in [0.2, 0.25) is 0 Å². The zero-order valence-electron chi connectivity index (χ0n) is 17.0. The van der Waals surface area contributed by atoms with Crippen LogP contribution < -0.4 is 15.5 Å². The molecule has 1 N–H and O–H groups in total. The second-order valence-corrected chi connectivity index (χ2v) is 8.58. The molecule has 0 aliphatic heterocycles. The first-order chi connectivity index (χ1) is 15.6. The van der Waals surface area contributed by atoms with Crippen molar-refractivity contribution in [3.63, 3.8) is 0 Å². The summed E-state index contributed by atoms with van der Waals surface area (Å²) in [7, 11) is 0. The summed E-state index contributed by atoms with van der Waals surface area (Å²) >= 11 is 1.47. The summed E-state index contributed by atoms with van der Waals surface area (Å²) in [4.78, 5) is 26.2. The largest absolute Gasteiger partial charge is 0.484 e. The van der Waals surface area contributed by atoms with E-state index in [0.29, 0.717) is 38.8 Å². The number of hydrogen-bond acceptors (Lipinski definition) is 7. The van der Waals surface area contributed by atoms with Gasteiger partial charge in [-0.2, -0.15) is 5.26 Å². The number of rotatable bonds is 5. The fraction of sp³-hybridized carbons (Fsp3) is 0.208. The molecule has 0 bridgehead atoms. The Hall–Kier alpha value is -3.83. The highest BCUT2D eigenvalue weighted by Gasteiger charge is 2.22. The average molecular weight is 446 g/mol. The van der Waals surface area contributed by atoms with Crippen molar-refractivity contribution >= 4 is 33.2 Å². The van der Waals surface area contributed by atoms with E-state index < -0.39 is 0 Å². The number of furan rings is 1. The van der Waals surface area contributed by atoms with Crippen molar-refractivity contribution in [3.05, 3.63) is 68.9 Å². The van der Waals surface area contributed by atoms with Crippen LogP contribution in [0.3, 0.4) is 0 Å². The van der Waals surface area contributed by atoms with E-state index in [1.54, 1.807) is 30.3 Å². The molecule has 8 heteroatoms. The first kappa shape index (κ1) is 20.1. The van der Waals surface area contributed by atoms with Gasteiger partial charge in [0.1, 0.15) is 22.4 Å². The molecule has 0 unspecified atom stereocenters. The maximum absolute atomic E-state index is 12.5. The Bertz CT molecular complexity index is 1410. The van der Waals surface area contributed by atoms with Gasteiger partial charge < -0.3 is 18.9 Å². The fourth-order valence-electron chi connectivity index (χ4n) is 3.85. The van der Waals surface area contributed by atoms with Gasteiger partial charge in [0.15, 0.2) is 23.6 Å². The Kier molecular flexibility index (Phi) is 5.25. The number of nitrogens with one attached hydrogen (secondary N) is 1. The van der Waals surface area contributed by atoms with E-state index in [2.05, 4.69) is 11.4 Å². The van der Waals surface area contributed by atoms with Crippen LogP contribution in [0.1, 0.15) is 28.8 Å². The Labute approximate surface area is 186 Å². The van der Waals surface area contributed by atoms with Crippen LogP contribution in [-0.4, -0.2) is 12.5 Å². The number of carbonyl (C=O) groups is 1. The van der Waals surface area contributed by atoms with Crippen LogP contribution in [-0.2, 0) is 17.6 Å². The number of nitrogens with zero attached hydrogens (tertiary/aromatic N) is 1. The number of ether oxygens (including phenoxy) is 1. The number of hydrogen-bond donors (Lipinski definition) is 1. The topological polar surface area (TPSA) is 105 Å². The Balaban J connectivity index is 1.30. The second kappa shape index (κ2) is 8.36. The standard InChI is InChI=1S/C24H18N2O5S/c25-12-17-15-4-1-2-6-22(15)32-24(17)26-23(28)13-30-14-7-8-19-16(10-14)18(27)11-21(31-19)20-5-3-9-29-20/h3,5,7-11H,1-2,4,6,13H2,(H,26,28). The van der Waals surface area contributed by atoms with Gasteiger partial charge in [-0.25, -0.2) is 0 Å². The zero-order valence-corrected chi connectivity index (χ0v) is 17.8. The lowest BCUT2D eigenvalue weighted by Gasteiger charge is -2.09. The molecule has 7 nitrogen and oxygen atoms in total. The minimum absolute atomic E-state index is 0.240. The molecule has 4 aromatic rings. The molecule has 1 aromatic carbocycles. The molecule has 3 heterocycles. The van der Waals surface area contributed by atoms with Crippen molar-refractivity contribution in [3.8, 4) is 23.3 Å². The number of nitriles is 1. The lowest BCUT2D eigenvalue weighted by atomic mass is 9.96. The smallest absolute Gasteiger partial charge is 0.262 e. The first-order valence-electron chi connectivity index (χ1n) is 10.2. The summed E-state index contributed by atoms with van der Waals surface area (Å²) in [5.41, 5.74) is 1.78. The van der Waals surface area contributed by atoms with Crippen molar-refractivity contribution in [1.29, 1.82) is 5.26 Å². The van der Waals surface area contributed by atoms with E-state index >= 15 is 0 Å². The number of anilines is 1. The molecule has 1 aliphatic carbocycles. The molecule has 0 spiro atoms. The highest BCUT2D eigenvalue weighted by Crippen LogP contribution is 2.37. The van der Waals surface area contributed by atoms with Crippen molar-refractivity contribution in [2.24, 2.45) is 0 Å². The lowest BCUT2D eigenvalue weighted by Crippen LogP contribution is -2.20. The molecule has 5 rings (SSSR count). The van der Waals surface area contributed by atoms with Gasteiger partial charge in [-0.1, -0.05) is 0 Å². The van der Waals surface area contributed by atoms with Gasteiger partial charge in [-0.15, -0.1) is 11.3 Å². The van der Waals surface area contributed by atoms with E-state index in [1.807, 2.05) is 0 Å². The van der Waals surface area contributed by atoms with Crippen LogP contribution in [0.15, 0.2) is 56.3 Å². The first-order valence-corrected chi connectivity index (χ1v) is 11.0. The van der Waals surface area contributed by atoms with Crippen LogP contribution in [0.5, 0.6) is 5.75 Å². The molecular formula is C24H18N2O5S.